The number of rotatable bonds is 6. The summed E-state index contributed by atoms with van der Waals surface area (Å²) >= 11 is 0. The molecule has 2 atom stereocenters. The second-order valence-electron chi connectivity index (χ2n) is 7.75. The van der Waals surface area contributed by atoms with Crippen molar-refractivity contribution in [2.45, 2.75) is 58.2 Å². The molecular weight excluding hydrogens is 354 g/mol. The van der Waals surface area contributed by atoms with Crippen molar-refractivity contribution in [1.29, 1.82) is 0 Å². The molecule has 1 aliphatic rings. The molecule has 150 valence electrons. The van der Waals surface area contributed by atoms with Crippen LogP contribution in [0.25, 0.3) is 0 Å². The van der Waals surface area contributed by atoms with Gasteiger partial charge in [0.1, 0.15) is 24.1 Å². The van der Waals surface area contributed by atoms with Crippen LogP contribution in [0.1, 0.15) is 46.2 Å². The Kier molecular flexibility index (Phi) is 6.33. The molecule has 0 aromatic heterocycles. The number of alkyl carbamates (subject to hydrolysis) is 1. The van der Waals surface area contributed by atoms with Gasteiger partial charge >= 0.3 is 12.1 Å². The SMILES string of the molecule is CC(C)(C)OC(=O)N[C@@H](C(=O)O)c1ccc(OC[C@@H]2COC(C)(C)O2)cc1. The summed E-state index contributed by atoms with van der Waals surface area (Å²) in [4.78, 5) is 23.4. The fourth-order valence-corrected chi connectivity index (χ4v) is 2.50. The third-order valence-electron chi connectivity index (χ3n) is 3.62. The highest BCUT2D eigenvalue weighted by molar-refractivity contribution is 5.81. The number of hydrogen-bond acceptors (Lipinski definition) is 6. The minimum atomic E-state index is -1.22. The highest BCUT2D eigenvalue weighted by atomic mass is 16.7. The van der Waals surface area contributed by atoms with Crippen LogP contribution in [0.4, 0.5) is 4.79 Å². The summed E-state index contributed by atoms with van der Waals surface area (Å²) in [6.45, 7) is 9.56. The Morgan fingerprint density at radius 2 is 1.93 bits per heavy atom. The Morgan fingerprint density at radius 1 is 1.30 bits per heavy atom. The van der Waals surface area contributed by atoms with Gasteiger partial charge in [0.15, 0.2) is 11.8 Å². The van der Waals surface area contributed by atoms with Gasteiger partial charge in [-0.1, -0.05) is 12.1 Å². The standard InChI is InChI=1S/C19H27NO7/c1-18(2,3)27-17(23)20-15(16(21)22)12-6-8-13(9-7-12)24-10-14-11-25-19(4,5)26-14/h6-9,14-15H,10-11H2,1-5H3,(H,20,23)(H,21,22)/t14-,15-/m1/s1. The zero-order valence-electron chi connectivity index (χ0n) is 16.3. The predicted molar refractivity (Wildman–Crippen MR) is 96.6 cm³/mol. The molecule has 8 heteroatoms. The van der Waals surface area contributed by atoms with E-state index < -0.39 is 29.5 Å². The maximum Gasteiger partial charge on any atom is 0.408 e. The van der Waals surface area contributed by atoms with Gasteiger partial charge in [-0.3, -0.25) is 0 Å². The van der Waals surface area contributed by atoms with Crippen molar-refractivity contribution >= 4 is 12.1 Å². The summed E-state index contributed by atoms with van der Waals surface area (Å²) < 4.78 is 21.9. The van der Waals surface area contributed by atoms with Crippen LogP contribution in [-0.2, 0) is 19.0 Å². The molecule has 1 aliphatic heterocycles. The highest BCUT2D eigenvalue weighted by Crippen LogP contribution is 2.24. The molecule has 1 aromatic rings. The van der Waals surface area contributed by atoms with Gasteiger partial charge < -0.3 is 29.4 Å². The Hall–Kier alpha value is -2.32. The maximum absolute atomic E-state index is 11.9. The zero-order valence-corrected chi connectivity index (χ0v) is 16.3. The first-order chi connectivity index (χ1) is 12.5. The molecular formula is C19H27NO7. The number of hydrogen-bond donors (Lipinski definition) is 2. The predicted octanol–water partition coefficient (Wildman–Crippen LogP) is 2.87. The molecule has 0 aliphatic carbocycles. The normalized spacial score (nSPS) is 20.0. The van der Waals surface area contributed by atoms with E-state index in [0.717, 1.165) is 0 Å². The quantitative estimate of drug-likeness (QED) is 0.781. The lowest BCUT2D eigenvalue weighted by molar-refractivity contribution is -0.141. The van der Waals surface area contributed by atoms with Crippen molar-refractivity contribution < 1.29 is 33.6 Å². The molecule has 27 heavy (non-hydrogen) atoms. The van der Waals surface area contributed by atoms with Gasteiger partial charge in [-0.15, -0.1) is 0 Å². The van der Waals surface area contributed by atoms with Crippen LogP contribution in [0.2, 0.25) is 0 Å². The van der Waals surface area contributed by atoms with Crippen molar-refractivity contribution in [3.05, 3.63) is 29.8 Å². The van der Waals surface area contributed by atoms with E-state index in [9.17, 15) is 14.7 Å². The summed E-state index contributed by atoms with van der Waals surface area (Å²) in [6, 6.07) is 5.23. The van der Waals surface area contributed by atoms with E-state index in [-0.39, 0.29) is 6.10 Å². The van der Waals surface area contributed by atoms with Crippen LogP contribution in [-0.4, -0.2) is 47.9 Å². The van der Waals surface area contributed by atoms with Gasteiger partial charge in [0.25, 0.3) is 0 Å². The smallest absolute Gasteiger partial charge is 0.408 e. The lowest BCUT2D eigenvalue weighted by Gasteiger charge is -2.22. The Bertz CT molecular complexity index is 664. The van der Waals surface area contributed by atoms with Crippen molar-refractivity contribution in [2.75, 3.05) is 13.2 Å². The van der Waals surface area contributed by atoms with E-state index in [1.165, 1.54) is 0 Å². The van der Waals surface area contributed by atoms with E-state index >= 15 is 0 Å². The first-order valence-corrected chi connectivity index (χ1v) is 8.72. The molecule has 0 unspecified atom stereocenters. The number of amides is 1. The van der Waals surface area contributed by atoms with Gasteiger partial charge in [0, 0.05) is 0 Å². The summed E-state index contributed by atoms with van der Waals surface area (Å²) in [5.41, 5.74) is -0.312. The number of nitrogens with one attached hydrogen (secondary N) is 1. The number of carbonyl (C=O) groups excluding carboxylic acids is 1. The maximum atomic E-state index is 11.9. The largest absolute Gasteiger partial charge is 0.491 e. The highest BCUT2D eigenvalue weighted by Gasteiger charge is 2.33. The number of carboxylic acids is 1. The molecule has 2 N–H and O–H groups in total. The van der Waals surface area contributed by atoms with Crippen LogP contribution >= 0.6 is 0 Å². The molecule has 0 radical (unpaired) electrons. The summed E-state index contributed by atoms with van der Waals surface area (Å²) in [6.07, 6.45) is -0.962. The van der Waals surface area contributed by atoms with Gasteiger partial charge in [-0.2, -0.15) is 0 Å². The van der Waals surface area contributed by atoms with Crippen molar-refractivity contribution in [3.8, 4) is 5.75 Å². The molecule has 1 fully saturated rings. The molecule has 1 aromatic carbocycles. The molecule has 1 amide bonds. The van der Waals surface area contributed by atoms with E-state index in [1.54, 1.807) is 45.0 Å². The van der Waals surface area contributed by atoms with Crippen LogP contribution in [0.5, 0.6) is 5.75 Å². The first-order valence-electron chi connectivity index (χ1n) is 8.72. The van der Waals surface area contributed by atoms with Crippen LogP contribution in [0.15, 0.2) is 24.3 Å². The molecule has 1 saturated heterocycles. The van der Waals surface area contributed by atoms with Crippen LogP contribution < -0.4 is 10.1 Å². The number of benzene rings is 1. The van der Waals surface area contributed by atoms with E-state index in [0.29, 0.717) is 24.5 Å². The first kappa shape index (κ1) is 21.0. The fraction of sp³-hybridized carbons (Fsp3) is 0.579. The van der Waals surface area contributed by atoms with Gasteiger partial charge in [-0.05, 0) is 52.3 Å². The average molecular weight is 381 g/mol. The number of ether oxygens (including phenoxy) is 4. The van der Waals surface area contributed by atoms with Gasteiger partial charge in [0.05, 0.1) is 6.61 Å². The lowest BCUT2D eigenvalue weighted by Crippen LogP contribution is -2.38. The third-order valence-corrected chi connectivity index (χ3v) is 3.62. The minimum Gasteiger partial charge on any atom is -0.491 e. The number of carboxylic acid groups (broad SMARTS) is 1. The number of carbonyl (C=O) groups is 2. The van der Waals surface area contributed by atoms with E-state index in [4.69, 9.17) is 18.9 Å². The van der Waals surface area contributed by atoms with Crippen LogP contribution in [0, 0.1) is 0 Å². The second-order valence-corrected chi connectivity index (χ2v) is 7.75. The topological polar surface area (TPSA) is 103 Å². The van der Waals surface area contributed by atoms with Crippen molar-refractivity contribution in [1.82, 2.24) is 5.32 Å². The average Bonchev–Trinajstić information content (AvgIpc) is 2.88. The van der Waals surface area contributed by atoms with Gasteiger partial charge in [-0.25, -0.2) is 9.59 Å². The lowest BCUT2D eigenvalue weighted by atomic mass is 10.1. The molecule has 0 saturated carbocycles. The molecule has 0 spiro atoms. The monoisotopic (exact) mass is 381 g/mol. The molecule has 1 heterocycles. The Morgan fingerprint density at radius 3 is 2.41 bits per heavy atom. The minimum absolute atomic E-state index is 0.166. The Balaban J connectivity index is 1.94. The summed E-state index contributed by atoms with van der Waals surface area (Å²) in [5, 5.41) is 11.8. The summed E-state index contributed by atoms with van der Waals surface area (Å²) in [7, 11) is 0. The van der Waals surface area contributed by atoms with E-state index in [2.05, 4.69) is 5.32 Å². The second kappa shape index (κ2) is 8.14. The van der Waals surface area contributed by atoms with Crippen molar-refractivity contribution in [3.63, 3.8) is 0 Å². The van der Waals surface area contributed by atoms with Crippen molar-refractivity contribution in [2.24, 2.45) is 0 Å². The molecule has 8 nitrogen and oxygen atoms in total. The van der Waals surface area contributed by atoms with Crippen LogP contribution in [0.3, 0.4) is 0 Å². The number of aliphatic carboxylic acids is 1. The fourth-order valence-electron chi connectivity index (χ4n) is 2.50. The van der Waals surface area contributed by atoms with E-state index in [1.807, 2.05) is 13.8 Å². The molecule has 2 rings (SSSR count). The molecule has 0 bridgehead atoms. The Labute approximate surface area is 158 Å². The summed E-state index contributed by atoms with van der Waals surface area (Å²) in [5.74, 6) is -1.23. The third kappa shape index (κ3) is 6.73. The van der Waals surface area contributed by atoms with Gasteiger partial charge in [0.2, 0.25) is 0 Å². The zero-order chi connectivity index (χ0) is 20.2.